The van der Waals surface area contributed by atoms with Crippen molar-refractivity contribution in [2.45, 2.75) is 80.4 Å². The van der Waals surface area contributed by atoms with Crippen LogP contribution in [0, 0.1) is 41.5 Å². The van der Waals surface area contributed by atoms with Crippen LogP contribution in [0.15, 0.2) is 97.1 Å². The maximum absolute atomic E-state index is 6.49. The fourth-order valence-electron chi connectivity index (χ4n) is 7.47. The summed E-state index contributed by atoms with van der Waals surface area (Å²) in [6.45, 7) is 22.2. The Morgan fingerprint density at radius 3 is 1.07 bits per heavy atom. The topological polar surface area (TPSA) is 18.5 Å². The van der Waals surface area contributed by atoms with Crippen molar-refractivity contribution in [2.24, 2.45) is 0 Å². The van der Waals surface area contributed by atoms with E-state index in [9.17, 15) is 0 Å². The van der Waals surface area contributed by atoms with Gasteiger partial charge in [-0.2, -0.15) is 0 Å². The summed E-state index contributed by atoms with van der Waals surface area (Å²) in [4.78, 5) is 0. The van der Waals surface area contributed by atoms with Gasteiger partial charge in [0.05, 0.1) is 11.2 Å². The van der Waals surface area contributed by atoms with Crippen LogP contribution in [0.3, 0.4) is 0 Å². The molecule has 0 N–H and O–H groups in total. The van der Waals surface area contributed by atoms with Crippen molar-refractivity contribution < 1.29 is 9.31 Å². The highest BCUT2D eigenvalue weighted by Crippen LogP contribution is 2.36. The quantitative estimate of drug-likeness (QED) is 0.185. The molecule has 0 amide bonds. The van der Waals surface area contributed by atoms with Gasteiger partial charge in [0.15, 0.2) is 0 Å². The van der Waals surface area contributed by atoms with Gasteiger partial charge in [-0.25, -0.2) is 0 Å². The minimum atomic E-state index is -0.392. The lowest BCUT2D eigenvalue weighted by molar-refractivity contribution is 0.00578. The van der Waals surface area contributed by atoms with Gasteiger partial charge >= 0.3 is 7.12 Å². The monoisotopic (exact) mass is 604 g/mol. The Labute approximate surface area is 277 Å². The molecule has 5 aromatic carbocycles. The van der Waals surface area contributed by atoms with Crippen LogP contribution in [0.4, 0.5) is 0 Å². The lowest BCUT2D eigenvalue weighted by Crippen LogP contribution is -2.58. The molecule has 0 spiro atoms. The Morgan fingerprint density at radius 2 is 0.739 bits per heavy atom. The van der Waals surface area contributed by atoms with Gasteiger partial charge in [-0.05, 0) is 97.0 Å². The first-order valence-corrected chi connectivity index (χ1v) is 16.6. The second kappa shape index (κ2) is 12.1. The third-order valence-electron chi connectivity index (χ3n) is 10.4. The number of benzene rings is 5. The molecule has 0 aliphatic carbocycles. The molecule has 232 valence electrons. The molecule has 1 fully saturated rings. The average Bonchev–Trinajstić information content (AvgIpc) is 3.22. The molecular formula is C42H46B2O2. The molecule has 1 aliphatic rings. The van der Waals surface area contributed by atoms with Gasteiger partial charge in [-0.3, -0.25) is 0 Å². The van der Waals surface area contributed by atoms with Crippen molar-refractivity contribution in [3.63, 3.8) is 0 Å². The smallest absolute Gasteiger partial charge is 0.399 e. The molecule has 0 aromatic heterocycles. The van der Waals surface area contributed by atoms with Crippen LogP contribution in [0.5, 0.6) is 0 Å². The van der Waals surface area contributed by atoms with Crippen LogP contribution < -0.4 is 21.9 Å². The lowest BCUT2D eigenvalue weighted by atomic mass is 9.33. The molecule has 0 atom stereocenters. The second-order valence-electron chi connectivity index (χ2n) is 14.4. The van der Waals surface area contributed by atoms with Gasteiger partial charge in [-0.15, -0.1) is 0 Å². The Balaban J connectivity index is 1.55. The zero-order valence-electron chi connectivity index (χ0n) is 29.2. The average molecular weight is 604 g/mol. The summed E-state index contributed by atoms with van der Waals surface area (Å²) in [5.41, 5.74) is 17.2. The molecule has 0 unspecified atom stereocenters. The zero-order valence-corrected chi connectivity index (χ0v) is 29.2. The predicted octanol–water partition coefficient (Wildman–Crippen LogP) is 7.69. The van der Waals surface area contributed by atoms with Crippen molar-refractivity contribution in [3.8, 4) is 22.3 Å². The molecule has 0 bridgehead atoms. The molecule has 1 heterocycles. The van der Waals surface area contributed by atoms with Gasteiger partial charge in [-0.1, -0.05) is 147 Å². The minimum absolute atomic E-state index is 0.0713. The Hall–Kier alpha value is -3.85. The number of hydrogen-bond donors (Lipinski definition) is 0. The minimum Gasteiger partial charge on any atom is -0.399 e. The van der Waals surface area contributed by atoms with Gasteiger partial charge in [0.25, 0.3) is 0 Å². The van der Waals surface area contributed by atoms with Crippen LogP contribution in [-0.2, 0) is 9.31 Å². The van der Waals surface area contributed by atoms with E-state index < -0.39 is 7.12 Å². The fourth-order valence-corrected chi connectivity index (χ4v) is 7.47. The molecule has 5 aromatic rings. The van der Waals surface area contributed by atoms with Crippen molar-refractivity contribution >= 4 is 35.7 Å². The van der Waals surface area contributed by atoms with E-state index in [-0.39, 0.29) is 17.9 Å². The highest BCUT2D eigenvalue weighted by atomic mass is 16.7. The van der Waals surface area contributed by atoms with E-state index in [0.29, 0.717) is 0 Å². The highest BCUT2D eigenvalue weighted by molar-refractivity contribution is 6.97. The van der Waals surface area contributed by atoms with E-state index in [1.165, 1.54) is 72.0 Å². The lowest BCUT2D eigenvalue weighted by Gasteiger charge is -2.32. The summed E-state index contributed by atoms with van der Waals surface area (Å²) in [7, 11) is -0.392. The van der Waals surface area contributed by atoms with Crippen LogP contribution in [-0.4, -0.2) is 25.0 Å². The normalized spacial score (nSPS) is 15.3. The maximum atomic E-state index is 6.49. The van der Waals surface area contributed by atoms with E-state index in [0.717, 1.165) is 5.46 Å². The standard InChI is InChI=1S/C42H46B2O2/c1-27-21-35(33-17-13-11-14-18-33)22-28(2)38(27)43(39-29(3)23-36(24-30(39)4)34-19-15-12-16-20-34)40-31(5)25-37(26-32(40)6)44-45-41(7,8)42(9,10)46-44/h11-26H,1-10H3. The molecule has 0 radical (unpaired) electrons. The Morgan fingerprint density at radius 1 is 0.435 bits per heavy atom. The summed E-state index contributed by atoms with van der Waals surface area (Å²) in [5.74, 6) is 0. The molecule has 1 saturated heterocycles. The SMILES string of the molecule is Cc1cc(B2OC(C)(C)C(C)(C)O2)cc(C)c1B(c1c(C)cc(-c2ccccc2)cc1C)c1c(C)cc(-c2ccccc2)cc1C. The van der Waals surface area contributed by atoms with Crippen LogP contribution in [0.2, 0.25) is 0 Å². The summed E-state index contributed by atoms with van der Waals surface area (Å²) >= 11 is 0. The van der Waals surface area contributed by atoms with Gasteiger partial charge < -0.3 is 9.31 Å². The third kappa shape index (κ3) is 5.78. The summed E-state index contributed by atoms with van der Waals surface area (Å²) < 4.78 is 13.0. The van der Waals surface area contributed by atoms with E-state index in [1.54, 1.807) is 0 Å². The number of aryl methyl sites for hydroxylation is 6. The van der Waals surface area contributed by atoms with E-state index in [4.69, 9.17) is 9.31 Å². The van der Waals surface area contributed by atoms with E-state index >= 15 is 0 Å². The van der Waals surface area contributed by atoms with E-state index in [1.807, 2.05) is 0 Å². The van der Waals surface area contributed by atoms with Crippen molar-refractivity contribution in [1.82, 2.24) is 0 Å². The molecule has 2 nitrogen and oxygen atoms in total. The van der Waals surface area contributed by atoms with E-state index in [2.05, 4.69) is 166 Å². The molecule has 1 aliphatic heterocycles. The van der Waals surface area contributed by atoms with Gasteiger partial charge in [0.2, 0.25) is 6.71 Å². The van der Waals surface area contributed by atoms with Gasteiger partial charge in [0.1, 0.15) is 0 Å². The summed E-state index contributed by atoms with van der Waals surface area (Å²) in [6.07, 6.45) is 0. The number of hydrogen-bond acceptors (Lipinski definition) is 2. The Bertz CT molecular complexity index is 1730. The largest absolute Gasteiger partial charge is 0.494 e. The van der Waals surface area contributed by atoms with Gasteiger partial charge in [0, 0.05) is 0 Å². The third-order valence-corrected chi connectivity index (χ3v) is 10.4. The maximum Gasteiger partial charge on any atom is 0.494 e. The first-order chi connectivity index (χ1) is 21.8. The van der Waals surface area contributed by atoms with Crippen LogP contribution >= 0.6 is 0 Å². The van der Waals surface area contributed by atoms with Crippen LogP contribution in [0.25, 0.3) is 22.3 Å². The molecule has 4 heteroatoms. The summed E-state index contributed by atoms with van der Waals surface area (Å²) in [5, 5.41) is 0. The van der Waals surface area contributed by atoms with Crippen molar-refractivity contribution in [3.05, 3.63) is 130 Å². The number of rotatable bonds is 6. The first-order valence-electron chi connectivity index (χ1n) is 16.6. The zero-order chi connectivity index (χ0) is 33.0. The molecule has 6 rings (SSSR count). The molecule has 0 saturated carbocycles. The van der Waals surface area contributed by atoms with Crippen LogP contribution in [0.1, 0.15) is 61.1 Å². The predicted molar refractivity (Wildman–Crippen MR) is 199 cm³/mol. The fraction of sp³-hybridized carbons (Fsp3) is 0.286. The molecule has 46 heavy (non-hydrogen) atoms. The molecular weight excluding hydrogens is 558 g/mol. The van der Waals surface area contributed by atoms with Crippen molar-refractivity contribution in [2.75, 3.05) is 0 Å². The first kappa shape index (κ1) is 32.1. The summed E-state index contributed by atoms with van der Waals surface area (Å²) in [6, 6.07) is 35.5. The second-order valence-corrected chi connectivity index (χ2v) is 14.4. The van der Waals surface area contributed by atoms with Crippen molar-refractivity contribution in [1.29, 1.82) is 0 Å². The highest BCUT2D eigenvalue weighted by Gasteiger charge is 2.52. The Kier molecular flexibility index (Phi) is 8.42.